The van der Waals surface area contributed by atoms with Crippen molar-refractivity contribution in [1.29, 1.82) is 0 Å². The minimum atomic E-state index is -4.31. The van der Waals surface area contributed by atoms with Crippen LogP contribution in [0.5, 0.6) is 0 Å². The quantitative estimate of drug-likeness (QED) is 0.829. The molecule has 1 aliphatic heterocycles. The normalized spacial score (nSPS) is 16.6. The zero-order chi connectivity index (χ0) is 16.9. The highest BCUT2D eigenvalue weighted by Gasteiger charge is 2.30. The second-order valence-corrected chi connectivity index (χ2v) is 5.92. The molecule has 1 aromatic carbocycles. The zero-order valence-electron chi connectivity index (χ0n) is 13.4. The van der Waals surface area contributed by atoms with Gasteiger partial charge in [-0.25, -0.2) is 0 Å². The lowest BCUT2D eigenvalue weighted by molar-refractivity contribution is -0.137. The molecule has 0 saturated carbocycles. The van der Waals surface area contributed by atoms with E-state index in [-0.39, 0.29) is 5.91 Å². The van der Waals surface area contributed by atoms with Gasteiger partial charge in [0.2, 0.25) is 5.91 Å². The van der Waals surface area contributed by atoms with Gasteiger partial charge < -0.3 is 4.90 Å². The number of amides is 1. The van der Waals surface area contributed by atoms with E-state index in [0.717, 1.165) is 56.8 Å². The van der Waals surface area contributed by atoms with Gasteiger partial charge in [0.15, 0.2) is 0 Å². The Morgan fingerprint density at radius 1 is 1.09 bits per heavy atom. The summed E-state index contributed by atoms with van der Waals surface area (Å²) in [5.74, 6) is 0.0843. The first-order valence-corrected chi connectivity index (χ1v) is 8.06. The largest absolute Gasteiger partial charge is 0.416 e. The third kappa shape index (κ3) is 5.23. The van der Waals surface area contributed by atoms with Crippen molar-refractivity contribution in [2.75, 3.05) is 32.7 Å². The van der Waals surface area contributed by atoms with Crippen LogP contribution in [-0.4, -0.2) is 48.4 Å². The Morgan fingerprint density at radius 2 is 1.70 bits per heavy atom. The van der Waals surface area contributed by atoms with Crippen LogP contribution in [0.15, 0.2) is 24.3 Å². The molecule has 23 heavy (non-hydrogen) atoms. The summed E-state index contributed by atoms with van der Waals surface area (Å²) in [6.07, 6.45) is -2.38. The average molecular weight is 328 g/mol. The van der Waals surface area contributed by atoms with Gasteiger partial charge in [-0.3, -0.25) is 9.69 Å². The molecule has 0 unspecified atom stereocenters. The van der Waals surface area contributed by atoms with Crippen LogP contribution in [0, 0.1) is 0 Å². The maximum absolute atomic E-state index is 12.5. The fourth-order valence-electron chi connectivity index (χ4n) is 2.81. The minimum Gasteiger partial charge on any atom is -0.340 e. The highest BCUT2D eigenvalue weighted by Crippen LogP contribution is 2.29. The molecule has 1 heterocycles. The second kappa shape index (κ2) is 7.81. The number of hydrogen-bond donors (Lipinski definition) is 0. The molecule has 128 valence electrons. The maximum Gasteiger partial charge on any atom is 0.416 e. The number of rotatable bonds is 5. The third-order valence-corrected chi connectivity index (χ3v) is 4.17. The first-order chi connectivity index (χ1) is 10.9. The van der Waals surface area contributed by atoms with Crippen molar-refractivity contribution in [3.8, 4) is 0 Å². The molecule has 1 amide bonds. The predicted octanol–water partition coefficient (Wildman–Crippen LogP) is 3.19. The van der Waals surface area contributed by atoms with E-state index in [1.54, 1.807) is 0 Å². The van der Waals surface area contributed by atoms with Crippen LogP contribution in [0.4, 0.5) is 13.2 Å². The molecule has 0 bridgehead atoms. The molecule has 0 aromatic heterocycles. The predicted molar refractivity (Wildman–Crippen MR) is 83.1 cm³/mol. The van der Waals surface area contributed by atoms with E-state index < -0.39 is 11.7 Å². The fourth-order valence-corrected chi connectivity index (χ4v) is 2.81. The summed E-state index contributed by atoms with van der Waals surface area (Å²) >= 11 is 0. The summed E-state index contributed by atoms with van der Waals surface area (Å²) in [5, 5.41) is 0. The summed E-state index contributed by atoms with van der Waals surface area (Å²) < 4.78 is 37.5. The maximum atomic E-state index is 12.5. The number of benzene rings is 1. The topological polar surface area (TPSA) is 23.6 Å². The van der Waals surface area contributed by atoms with E-state index in [0.29, 0.717) is 12.8 Å². The van der Waals surface area contributed by atoms with Gasteiger partial charge in [0.05, 0.1) is 5.56 Å². The molecule has 0 spiro atoms. The molecular formula is C17H23F3N2O. The Morgan fingerprint density at radius 3 is 2.22 bits per heavy atom. The number of halogens is 3. The number of aryl methyl sites for hydroxylation is 1. The van der Waals surface area contributed by atoms with Crippen LogP contribution in [-0.2, 0) is 17.4 Å². The summed E-state index contributed by atoms with van der Waals surface area (Å²) in [7, 11) is 0. The fraction of sp³-hybridized carbons (Fsp3) is 0.588. The standard InChI is InChI=1S/C17H23F3N2O/c1-2-9-21-10-12-22(13-11-21)16(23)8-5-14-3-6-15(7-4-14)17(18,19)20/h3-4,6-7H,2,5,8-13H2,1H3. The minimum absolute atomic E-state index is 0.0843. The molecule has 6 heteroatoms. The van der Waals surface area contributed by atoms with Gasteiger partial charge in [-0.05, 0) is 37.1 Å². The number of nitrogens with zero attached hydrogens (tertiary/aromatic N) is 2. The Labute approximate surface area is 135 Å². The first kappa shape index (κ1) is 17.8. The van der Waals surface area contributed by atoms with E-state index in [9.17, 15) is 18.0 Å². The van der Waals surface area contributed by atoms with Crippen molar-refractivity contribution < 1.29 is 18.0 Å². The number of carbonyl (C=O) groups is 1. The molecule has 1 saturated heterocycles. The van der Waals surface area contributed by atoms with Gasteiger partial charge in [-0.2, -0.15) is 13.2 Å². The number of alkyl halides is 3. The number of piperazine rings is 1. The molecule has 2 rings (SSSR count). The van der Waals surface area contributed by atoms with Gasteiger partial charge in [0.25, 0.3) is 0 Å². The monoisotopic (exact) mass is 328 g/mol. The van der Waals surface area contributed by atoms with Crippen LogP contribution in [0.3, 0.4) is 0 Å². The third-order valence-electron chi connectivity index (χ3n) is 4.17. The SMILES string of the molecule is CCCN1CCN(C(=O)CCc2ccc(C(F)(F)F)cc2)CC1. The average Bonchev–Trinajstić information content (AvgIpc) is 2.53. The lowest BCUT2D eigenvalue weighted by atomic mass is 10.1. The van der Waals surface area contributed by atoms with Crippen molar-refractivity contribution in [3.05, 3.63) is 35.4 Å². The molecule has 3 nitrogen and oxygen atoms in total. The molecule has 0 radical (unpaired) electrons. The van der Waals surface area contributed by atoms with E-state index in [1.807, 2.05) is 4.90 Å². The van der Waals surface area contributed by atoms with Crippen molar-refractivity contribution in [1.82, 2.24) is 9.80 Å². The van der Waals surface area contributed by atoms with E-state index in [4.69, 9.17) is 0 Å². The number of hydrogen-bond acceptors (Lipinski definition) is 2. The molecule has 1 aliphatic rings. The van der Waals surface area contributed by atoms with Crippen molar-refractivity contribution in [2.24, 2.45) is 0 Å². The lowest BCUT2D eigenvalue weighted by Gasteiger charge is -2.34. The number of carbonyl (C=O) groups excluding carboxylic acids is 1. The summed E-state index contributed by atoms with van der Waals surface area (Å²) in [4.78, 5) is 16.4. The highest BCUT2D eigenvalue weighted by atomic mass is 19.4. The van der Waals surface area contributed by atoms with E-state index >= 15 is 0 Å². The van der Waals surface area contributed by atoms with Crippen LogP contribution in [0.25, 0.3) is 0 Å². The highest BCUT2D eigenvalue weighted by molar-refractivity contribution is 5.76. The van der Waals surface area contributed by atoms with Gasteiger partial charge in [-0.15, -0.1) is 0 Å². The second-order valence-electron chi connectivity index (χ2n) is 5.92. The van der Waals surface area contributed by atoms with Gasteiger partial charge in [-0.1, -0.05) is 19.1 Å². The molecule has 0 atom stereocenters. The van der Waals surface area contributed by atoms with Crippen LogP contribution in [0.1, 0.15) is 30.9 Å². The zero-order valence-corrected chi connectivity index (χ0v) is 13.4. The van der Waals surface area contributed by atoms with Crippen molar-refractivity contribution in [2.45, 2.75) is 32.4 Å². The molecule has 1 fully saturated rings. The lowest BCUT2D eigenvalue weighted by Crippen LogP contribution is -2.48. The van der Waals surface area contributed by atoms with E-state index in [1.165, 1.54) is 12.1 Å². The van der Waals surface area contributed by atoms with Crippen LogP contribution >= 0.6 is 0 Å². The molecular weight excluding hydrogens is 305 g/mol. The smallest absolute Gasteiger partial charge is 0.340 e. The first-order valence-electron chi connectivity index (χ1n) is 8.06. The molecule has 0 N–H and O–H groups in total. The van der Waals surface area contributed by atoms with E-state index in [2.05, 4.69) is 11.8 Å². The van der Waals surface area contributed by atoms with Gasteiger partial charge in [0, 0.05) is 32.6 Å². The van der Waals surface area contributed by atoms with Gasteiger partial charge in [0.1, 0.15) is 0 Å². The molecule has 0 aliphatic carbocycles. The Hall–Kier alpha value is -1.56. The summed E-state index contributed by atoms with van der Waals surface area (Å²) in [6, 6.07) is 5.05. The Bertz CT molecular complexity index is 506. The Kier molecular flexibility index (Phi) is 6.04. The van der Waals surface area contributed by atoms with Crippen molar-refractivity contribution >= 4 is 5.91 Å². The molecule has 1 aromatic rings. The summed E-state index contributed by atoms with van der Waals surface area (Å²) in [6.45, 7) is 6.49. The Balaban J connectivity index is 1.78. The van der Waals surface area contributed by atoms with Crippen LogP contribution < -0.4 is 0 Å². The van der Waals surface area contributed by atoms with Crippen LogP contribution in [0.2, 0.25) is 0 Å². The van der Waals surface area contributed by atoms with Gasteiger partial charge >= 0.3 is 6.18 Å². The summed E-state index contributed by atoms with van der Waals surface area (Å²) in [5.41, 5.74) is 0.107. The van der Waals surface area contributed by atoms with Crippen molar-refractivity contribution in [3.63, 3.8) is 0 Å².